The maximum Gasteiger partial charge on any atom is 0.257 e. The number of fused-ring (bicyclic) bond motifs is 1. The molecule has 0 unspecified atom stereocenters. The Morgan fingerprint density at radius 1 is 1.17 bits per heavy atom. The molecule has 1 amide bonds. The second kappa shape index (κ2) is 6.74. The number of amides is 1. The number of nitrogens with one attached hydrogen (secondary N) is 1. The number of nitrogens with zero attached hydrogens (tertiary/aromatic N) is 1. The molecule has 1 heterocycles. The number of hydrogen-bond donors (Lipinski definition) is 1. The Hall–Kier alpha value is -1.82. The molecule has 4 nitrogen and oxygen atoms in total. The van der Waals surface area contributed by atoms with Crippen molar-refractivity contribution in [2.45, 2.75) is 6.92 Å². The lowest BCUT2D eigenvalue weighted by atomic mass is 10.2. The van der Waals surface area contributed by atoms with Crippen molar-refractivity contribution in [1.82, 2.24) is 4.98 Å². The first-order valence-electron chi connectivity index (χ1n) is 6.87. The van der Waals surface area contributed by atoms with Crippen LogP contribution >= 0.6 is 34.5 Å². The molecule has 0 fully saturated rings. The van der Waals surface area contributed by atoms with E-state index in [1.807, 2.05) is 6.92 Å². The normalized spacial score (nSPS) is 10.7. The van der Waals surface area contributed by atoms with Crippen LogP contribution in [-0.2, 0) is 0 Å². The largest absolute Gasteiger partial charge is 0.494 e. The first kappa shape index (κ1) is 16.1. The number of rotatable bonds is 4. The van der Waals surface area contributed by atoms with Crippen LogP contribution in [0.15, 0.2) is 36.4 Å². The number of thiazole rings is 1. The highest BCUT2D eigenvalue weighted by molar-refractivity contribution is 7.23. The minimum Gasteiger partial charge on any atom is -0.494 e. The molecule has 3 aromatic rings. The summed E-state index contributed by atoms with van der Waals surface area (Å²) >= 11 is 13.5. The number of halogens is 2. The number of carbonyl (C=O) groups is 1. The Bertz CT molecular complexity index is 823. The van der Waals surface area contributed by atoms with E-state index in [1.165, 1.54) is 11.3 Å². The third-order valence-corrected chi connectivity index (χ3v) is 4.83. The first-order chi connectivity index (χ1) is 11.1. The van der Waals surface area contributed by atoms with Gasteiger partial charge in [0.05, 0.1) is 21.4 Å². The van der Waals surface area contributed by atoms with E-state index in [4.69, 9.17) is 27.9 Å². The van der Waals surface area contributed by atoms with Gasteiger partial charge in [0, 0.05) is 5.56 Å². The molecule has 0 saturated heterocycles. The smallest absolute Gasteiger partial charge is 0.257 e. The summed E-state index contributed by atoms with van der Waals surface area (Å²) in [6.07, 6.45) is 0. The minimum atomic E-state index is -0.251. The van der Waals surface area contributed by atoms with Crippen molar-refractivity contribution in [3.8, 4) is 5.75 Å². The predicted octanol–water partition coefficient (Wildman–Crippen LogP) is 5.25. The third kappa shape index (κ3) is 3.42. The van der Waals surface area contributed by atoms with Gasteiger partial charge < -0.3 is 4.74 Å². The van der Waals surface area contributed by atoms with Crippen molar-refractivity contribution in [3.63, 3.8) is 0 Å². The fourth-order valence-electron chi connectivity index (χ4n) is 2.04. The molecule has 1 aromatic heterocycles. The summed E-state index contributed by atoms with van der Waals surface area (Å²) in [5, 5.41) is 4.28. The number of anilines is 1. The first-order valence-corrected chi connectivity index (χ1v) is 8.44. The van der Waals surface area contributed by atoms with Crippen LogP contribution < -0.4 is 10.1 Å². The lowest BCUT2D eigenvalue weighted by molar-refractivity contribution is 0.102. The molecule has 3 rings (SSSR count). The van der Waals surface area contributed by atoms with Crippen molar-refractivity contribution in [2.75, 3.05) is 11.9 Å². The summed E-state index contributed by atoms with van der Waals surface area (Å²) in [6, 6.07) is 10.3. The Balaban J connectivity index is 1.82. The molecule has 0 aliphatic carbocycles. The van der Waals surface area contributed by atoms with Gasteiger partial charge in [0.25, 0.3) is 5.91 Å². The quantitative estimate of drug-likeness (QED) is 0.685. The van der Waals surface area contributed by atoms with Crippen LogP contribution in [0.1, 0.15) is 17.3 Å². The molecule has 1 N–H and O–H groups in total. The molecule has 0 spiro atoms. The molecule has 0 bridgehead atoms. The average molecular weight is 367 g/mol. The molecule has 0 radical (unpaired) electrons. The van der Waals surface area contributed by atoms with Crippen LogP contribution in [0, 0.1) is 0 Å². The number of hydrogen-bond acceptors (Lipinski definition) is 4. The Kier molecular flexibility index (Phi) is 4.71. The van der Waals surface area contributed by atoms with E-state index in [2.05, 4.69) is 10.3 Å². The maximum atomic E-state index is 12.3. The Morgan fingerprint density at radius 3 is 2.52 bits per heavy atom. The number of aromatic nitrogens is 1. The summed E-state index contributed by atoms with van der Waals surface area (Å²) in [4.78, 5) is 16.6. The van der Waals surface area contributed by atoms with E-state index in [0.717, 1.165) is 10.4 Å². The second-order valence-corrected chi connectivity index (χ2v) is 6.45. The molecule has 0 atom stereocenters. The number of carbonyl (C=O) groups excluding carboxylic acids is 1. The SMILES string of the molecule is CCOc1ccc(C(=O)Nc2nc3c(Cl)ccc(Cl)c3s2)cc1. The van der Waals surface area contributed by atoms with Crippen LogP contribution in [0.5, 0.6) is 5.75 Å². The molecule has 23 heavy (non-hydrogen) atoms. The maximum absolute atomic E-state index is 12.3. The number of ether oxygens (including phenoxy) is 1. The van der Waals surface area contributed by atoms with E-state index >= 15 is 0 Å². The van der Waals surface area contributed by atoms with Crippen molar-refractivity contribution in [1.29, 1.82) is 0 Å². The van der Waals surface area contributed by atoms with Gasteiger partial charge in [-0.2, -0.15) is 0 Å². The van der Waals surface area contributed by atoms with Crippen LogP contribution in [-0.4, -0.2) is 17.5 Å². The van der Waals surface area contributed by atoms with E-state index in [-0.39, 0.29) is 5.91 Å². The lowest BCUT2D eigenvalue weighted by Crippen LogP contribution is -2.11. The molecule has 2 aromatic carbocycles. The molecule has 0 saturated carbocycles. The summed E-state index contributed by atoms with van der Waals surface area (Å²) in [6.45, 7) is 2.49. The van der Waals surface area contributed by atoms with Gasteiger partial charge in [-0.15, -0.1) is 0 Å². The molecule has 0 aliphatic rings. The topological polar surface area (TPSA) is 51.2 Å². The Labute approximate surface area is 147 Å². The zero-order valence-corrected chi connectivity index (χ0v) is 14.4. The molecular formula is C16H12Cl2N2O2S. The molecule has 118 valence electrons. The minimum absolute atomic E-state index is 0.251. The number of benzene rings is 2. The highest BCUT2D eigenvalue weighted by Gasteiger charge is 2.13. The second-order valence-electron chi connectivity index (χ2n) is 4.64. The van der Waals surface area contributed by atoms with Crippen molar-refractivity contribution in [3.05, 3.63) is 52.0 Å². The van der Waals surface area contributed by atoms with Gasteiger partial charge in [0.2, 0.25) is 0 Å². The third-order valence-electron chi connectivity index (χ3n) is 3.09. The van der Waals surface area contributed by atoms with Crippen LogP contribution in [0.4, 0.5) is 5.13 Å². The lowest BCUT2D eigenvalue weighted by Gasteiger charge is -2.04. The fourth-order valence-corrected chi connectivity index (χ4v) is 3.45. The van der Waals surface area contributed by atoms with Crippen LogP contribution in [0.25, 0.3) is 10.2 Å². The van der Waals surface area contributed by atoms with Crippen molar-refractivity contribution in [2.24, 2.45) is 0 Å². The highest BCUT2D eigenvalue weighted by Crippen LogP contribution is 2.36. The van der Waals surface area contributed by atoms with Gasteiger partial charge in [-0.25, -0.2) is 4.98 Å². The molecule has 0 aliphatic heterocycles. The van der Waals surface area contributed by atoms with Gasteiger partial charge >= 0.3 is 0 Å². The van der Waals surface area contributed by atoms with E-state index in [9.17, 15) is 4.79 Å². The van der Waals surface area contributed by atoms with Crippen LogP contribution in [0.2, 0.25) is 10.0 Å². The van der Waals surface area contributed by atoms with Gasteiger partial charge in [0.15, 0.2) is 5.13 Å². The van der Waals surface area contributed by atoms with Gasteiger partial charge in [-0.05, 0) is 43.3 Å². The summed E-state index contributed by atoms with van der Waals surface area (Å²) in [5.41, 5.74) is 1.11. The molecule has 7 heteroatoms. The average Bonchev–Trinajstić information content (AvgIpc) is 2.97. The van der Waals surface area contributed by atoms with Gasteiger partial charge in [-0.3, -0.25) is 10.1 Å². The van der Waals surface area contributed by atoms with E-state index < -0.39 is 0 Å². The monoisotopic (exact) mass is 366 g/mol. The standard InChI is InChI=1S/C16H12Cl2N2O2S/c1-2-22-10-5-3-9(4-6-10)15(21)20-16-19-13-11(17)7-8-12(18)14(13)23-16/h3-8H,2H2,1H3,(H,19,20,21). The summed E-state index contributed by atoms with van der Waals surface area (Å²) in [7, 11) is 0. The van der Waals surface area contributed by atoms with Gasteiger partial charge in [-0.1, -0.05) is 34.5 Å². The Morgan fingerprint density at radius 2 is 1.87 bits per heavy atom. The zero-order valence-electron chi connectivity index (χ0n) is 12.1. The highest BCUT2D eigenvalue weighted by atomic mass is 35.5. The summed E-state index contributed by atoms with van der Waals surface area (Å²) < 4.78 is 6.10. The van der Waals surface area contributed by atoms with Crippen molar-refractivity contribution >= 4 is 55.8 Å². The zero-order chi connectivity index (χ0) is 16.4. The fraction of sp³-hybridized carbons (Fsp3) is 0.125. The predicted molar refractivity (Wildman–Crippen MR) is 95.2 cm³/mol. The summed E-state index contributed by atoms with van der Waals surface area (Å²) in [5.74, 6) is 0.474. The van der Waals surface area contributed by atoms with Crippen LogP contribution in [0.3, 0.4) is 0 Å². The molecular weight excluding hydrogens is 355 g/mol. The van der Waals surface area contributed by atoms with Crippen molar-refractivity contribution < 1.29 is 9.53 Å². The van der Waals surface area contributed by atoms with E-state index in [0.29, 0.717) is 32.9 Å². The van der Waals surface area contributed by atoms with E-state index in [1.54, 1.807) is 36.4 Å². The van der Waals surface area contributed by atoms with Gasteiger partial charge in [0.1, 0.15) is 11.3 Å².